The van der Waals surface area contributed by atoms with E-state index in [9.17, 15) is 9.59 Å². The first-order valence-corrected chi connectivity index (χ1v) is 11.3. The van der Waals surface area contributed by atoms with Crippen LogP contribution in [-0.4, -0.2) is 42.2 Å². The first-order chi connectivity index (χ1) is 14.3. The molecule has 0 heterocycles. The highest BCUT2D eigenvalue weighted by Gasteiger charge is 2.25. The van der Waals surface area contributed by atoms with E-state index in [1.165, 1.54) is 16.7 Å². The maximum absolute atomic E-state index is 13.1. The summed E-state index contributed by atoms with van der Waals surface area (Å²) < 4.78 is 5.29. The highest BCUT2D eigenvalue weighted by atomic mass is 32.2. The molecular formula is C24H32N2O3S. The lowest BCUT2D eigenvalue weighted by molar-refractivity contribution is -0.138. The van der Waals surface area contributed by atoms with Gasteiger partial charge in [-0.15, -0.1) is 11.8 Å². The first-order valence-electron chi connectivity index (χ1n) is 10.2. The number of likely N-dealkylation sites (N-methyl/N-ethyl adjacent to an activating group) is 1. The van der Waals surface area contributed by atoms with Gasteiger partial charge in [0.15, 0.2) is 0 Å². The topological polar surface area (TPSA) is 58.6 Å². The van der Waals surface area contributed by atoms with Gasteiger partial charge in [0.1, 0.15) is 11.8 Å². The van der Waals surface area contributed by atoms with Crippen LogP contribution in [0.5, 0.6) is 5.75 Å². The Bertz CT molecular complexity index is 849. The van der Waals surface area contributed by atoms with Crippen LogP contribution in [-0.2, 0) is 21.9 Å². The van der Waals surface area contributed by atoms with Crippen LogP contribution in [0.4, 0.5) is 0 Å². The van der Waals surface area contributed by atoms with Crippen LogP contribution in [0.2, 0.25) is 0 Å². The molecule has 0 aliphatic carbocycles. The molecule has 5 nitrogen and oxygen atoms in total. The summed E-state index contributed by atoms with van der Waals surface area (Å²) in [6.07, 6.45) is 0. The number of thioether (sulfide) groups is 1. The number of amides is 2. The fourth-order valence-corrected chi connectivity index (χ4v) is 4.21. The molecule has 1 atom stereocenters. The van der Waals surface area contributed by atoms with E-state index in [1.807, 2.05) is 31.2 Å². The smallest absolute Gasteiger partial charge is 0.242 e. The van der Waals surface area contributed by atoms with Crippen molar-refractivity contribution < 1.29 is 14.3 Å². The number of carbonyl (C=O) groups is 2. The van der Waals surface area contributed by atoms with E-state index < -0.39 is 6.04 Å². The van der Waals surface area contributed by atoms with Gasteiger partial charge in [0.05, 0.1) is 12.9 Å². The zero-order chi connectivity index (χ0) is 22.1. The number of nitrogens with zero attached hydrogens (tertiary/aromatic N) is 1. The predicted octanol–water partition coefficient (Wildman–Crippen LogP) is 4.10. The molecular weight excluding hydrogens is 396 g/mol. The lowest BCUT2D eigenvalue weighted by atomic mass is 10.1. The molecule has 0 saturated heterocycles. The number of rotatable bonds is 10. The summed E-state index contributed by atoms with van der Waals surface area (Å²) in [5.74, 6) is 1.62. The van der Waals surface area contributed by atoms with Crippen molar-refractivity contribution in [3.05, 3.63) is 64.7 Å². The van der Waals surface area contributed by atoms with Crippen molar-refractivity contribution in [2.45, 2.75) is 46.0 Å². The van der Waals surface area contributed by atoms with E-state index in [0.717, 1.165) is 17.1 Å². The third-order valence-corrected chi connectivity index (χ3v) is 5.77. The minimum atomic E-state index is -0.550. The minimum absolute atomic E-state index is 0.0500. The summed E-state index contributed by atoms with van der Waals surface area (Å²) in [4.78, 5) is 27.2. The van der Waals surface area contributed by atoms with Crippen molar-refractivity contribution in [1.29, 1.82) is 0 Å². The van der Waals surface area contributed by atoms with Crippen LogP contribution < -0.4 is 10.1 Å². The molecule has 30 heavy (non-hydrogen) atoms. The molecule has 0 spiro atoms. The Kier molecular flexibility index (Phi) is 9.24. The lowest BCUT2D eigenvalue weighted by Gasteiger charge is -2.28. The van der Waals surface area contributed by atoms with E-state index in [2.05, 4.69) is 37.4 Å². The fourth-order valence-electron chi connectivity index (χ4n) is 3.36. The van der Waals surface area contributed by atoms with Crippen molar-refractivity contribution in [2.24, 2.45) is 0 Å². The van der Waals surface area contributed by atoms with Crippen LogP contribution in [0.15, 0.2) is 42.5 Å². The molecule has 0 unspecified atom stereocenters. The Labute approximate surface area is 184 Å². The largest absolute Gasteiger partial charge is 0.497 e. The fraction of sp³-hybridized carbons (Fsp3) is 0.417. The summed E-state index contributed by atoms with van der Waals surface area (Å²) in [5, 5.41) is 2.82. The standard InChI is InChI=1S/C24H32N2O3S/c1-6-25-24(28)19(4)26(14-20-8-7-9-22(13-20)29-5)23(27)16-30-15-21-11-17(2)10-18(3)12-21/h7-13,19H,6,14-16H2,1-5H3,(H,25,28)/t19-/m0/s1. The summed E-state index contributed by atoms with van der Waals surface area (Å²) in [6.45, 7) is 8.70. The number of hydrogen-bond donors (Lipinski definition) is 1. The normalized spacial score (nSPS) is 11.6. The Morgan fingerprint density at radius 3 is 2.43 bits per heavy atom. The van der Waals surface area contributed by atoms with Crippen LogP contribution in [0.3, 0.4) is 0 Å². The summed E-state index contributed by atoms with van der Waals surface area (Å²) in [6, 6.07) is 13.5. The molecule has 0 bridgehead atoms. The van der Waals surface area contributed by atoms with Crippen LogP contribution in [0.1, 0.15) is 36.1 Å². The molecule has 2 aromatic carbocycles. The molecule has 0 aromatic heterocycles. The molecule has 1 N–H and O–H groups in total. The van der Waals surface area contributed by atoms with Gasteiger partial charge in [0.25, 0.3) is 0 Å². The second-order valence-corrected chi connectivity index (χ2v) is 8.42. The van der Waals surface area contributed by atoms with Crippen LogP contribution >= 0.6 is 11.8 Å². The Morgan fingerprint density at radius 2 is 1.80 bits per heavy atom. The molecule has 2 amide bonds. The first kappa shape index (κ1) is 23.8. The maximum atomic E-state index is 13.1. The SMILES string of the molecule is CCNC(=O)[C@H](C)N(Cc1cccc(OC)c1)C(=O)CSCc1cc(C)cc(C)c1. The molecule has 162 valence electrons. The summed E-state index contributed by atoms with van der Waals surface area (Å²) in [5.41, 5.74) is 4.59. The van der Waals surface area contributed by atoms with Gasteiger partial charge < -0.3 is 15.0 Å². The predicted molar refractivity (Wildman–Crippen MR) is 124 cm³/mol. The number of aryl methyl sites for hydroxylation is 2. The second kappa shape index (κ2) is 11.6. The summed E-state index contributed by atoms with van der Waals surface area (Å²) in [7, 11) is 1.61. The van der Waals surface area contributed by atoms with Gasteiger partial charge in [0, 0.05) is 18.8 Å². The highest BCUT2D eigenvalue weighted by molar-refractivity contribution is 7.99. The van der Waals surface area contributed by atoms with E-state index in [0.29, 0.717) is 18.8 Å². The Balaban J connectivity index is 2.09. The van der Waals surface area contributed by atoms with Crippen LogP contribution in [0, 0.1) is 13.8 Å². The van der Waals surface area contributed by atoms with Gasteiger partial charge in [-0.2, -0.15) is 0 Å². The molecule has 0 aliphatic heterocycles. The van der Waals surface area contributed by atoms with Gasteiger partial charge in [-0.25, -0.2) is 0 Å². The van der Waals surface area contributed by atoms with E-state index >= 15 is 0 Å². The number of nitrogens with one attached hydrogen (secondary N) is 1. The van der Waals surface area contributed by atoms with Crippen molar-refractivity contribution >= 4 is 23.6 Å². The van der Waals surface area contributed by atoms with Crippen molar-refractivity contribution in [3.63, 3.8) is 0 Å². The minimum Gasteiger partial charge on any atom is -0.497 e. The van der Waals surface area contributed by atoms with E-state index in [1.54, 1.807) is 30.7 Å². The van der Waals surface area contributed by atoms with Crippen molar-refractivity contribution in [1.82, 2.24) is 10.2 Å². The quantitative estimate of drug-likeness (QED) is 0.619. The molecule has 0 aliphatic rings. The zero-order valence-corrected chi connectivity index (χ0v) is 19.3. The molecule has 0 radical (unpaired) electrons. The maximum Gasteiger partial charge on any atom is 0.242 e. The molecule has 6 heteroatoms. The number of carbonyl (C=O) groups excluding carboxylic acids is 2. The van der Waals surface area contributed by atoms with Gasteiger partial charge in [0.2, 0.25) is 11.8 Å². The number of benzene rings is 2. The second-order valence-electron chi connectivity index (χ2n) is 7.43. The van der Waals surface area contributed by atoms with Crippen molar-refractivity contribution in [3.8, 4) is 5.75 Å². The molecule has 0 fully saturated rings. The summed E-state index contributed by atoms with van der Waals surface area (Å²) >= 11 is 1.57. The lowest BCUT2D eigenvalue weighted by Crippen LogP contribution is -2.48. The monoisotopic (exact) mass is 428 g/mol. The Hall–Kier alpha value is -2.47. The third kappa shape index (κ3) is 7.10. The average molecular weight is 429 g/mol. The third-order valence-electron chi connectivity index (χ3n) is 4.78. The van der Waals surface area contributed by atoms with Crippen molar-refractivity contribution in [2.75, 3.05) is 19.4 Å². The van der Waals surface area contributed by atoms with E-state index in [-0.39, 0.29) is 11.8 Å². The van der Waals surface area contributed by atoms with Crippen LogP contribution in [0.25, 0.3) is 0 Å². The number of methoxy groups -OCH3 is 1. The molecule has 2 aromatic rings. The Morgan fingerprint density at radius 1 is 1.10 bits per heavy atom. The highest BCUT2D eigenvalue weighted by Crippen LogP contribution is 2.19. The number of ether oxygens (including phenoxy) is 1. The van der Waals surface area contributed by atoms with Gasteiger partial charge in [-0.1, -0.05) is 41.5 Å². The molecule has 2 rings (SSSR count). The number of hydrogen-bond acceptors (Lipinski definition) is 4. The zero-order valence-electron chi connectivity index (χ0n) is 18.5. The van der Waals surface area contributed by atoms with Gasteiger partial charge in [-0.05, 0) is 51.0 Å². The molecule has 0 saturated carbocycles. The van der Waals surface area contributed by atoms with Gasteiger partial charge >= 0.3 is 0 Å². The average Bonchev–Trinajstić information content (AvgIpc) is 2.71. The van der Waals surface area contributed by atoms with Gasteiger partial charge in [-0.3, -0.25) is 9.59 Å². The van der Waals surface area contributed by atoms with E-state index in [4.69, 9.17) is 4.74 Å².